The number of phenols is 1. The Morgan fingerprint density at radius 2 is 1.85 bits per heavy atom. The Bertz CT molecular complexity index is 1100. The van der Waals surface area contributed by atoms with E-state index in [1.807, 2.05) is 31.1 Å². The summed E-state index contributed by atoms with van der Waals surface area (Å²) in [6.07, 6.45) is -2.09. The SMILES string of the molecule is CN(C)Cc1ccccc1C(=O)NC1C[C@@H](O)[C@@H](O)CC1c1cc2c(c(O)c1C(N)=O)OCO2. The van der Waals surface area contributed by atoms with E-state index < -0.39 is 35.8 Å². The van der Waals surface area contributed by atoms with E-state index in [1.54, 1.807) is 12.1 Å². The van der Waals surface area contributed by atoms with E-state index in [-0.39, 0.29) is 42.6 Å². The molecule has 182 valence electrons. The average Bonchev–Trinajstić information content (AvgIpc) is 3.25. The number of ether oxygens (including phenoxy) is 2. The number of nitrogens with two attached hydrogens (primary N) is 1. The van der Waals surface area contributed by atoms with E-state index in [0.717, 1.165) is 5.56 Å². The Kier molecular flexibility index (Phi) is 6.65. The molecule has 2 unspecified atom stereocenters. The molecule has 0 bridgehead atoms. The van der Waals surface area contributed by atoms with Crippen molar-refractivity contribution in [1.82, 2.24) is 10.2 Å². The number of nitrogens with zero attached hydrogens (tertiary/aromatic N) is 1. The zero-order chi connectivity index (χ0) is 24.6. The number of rotatable bonds is 6. The highest BCUT2D eigenvalue weighted by Crippen LogP contribution is 2.48. The van der Waals surface area contributed by atoms with Gasteiger partial charge < -0.3 is 40.7 Å². The van der Waals surface area contributed by atoms with Crippen molar-refractivity contribution < 1.29 is 34.4 Å². The fraction of sp³-hybridized carbons (Fsp3) is 0.417. The van der Waals surface area contributed by atoms with Crippen LogP contribution in [0.4, 0.5) is 0 Å². The van der Waals surface area contributed by atoms with Gasteiger partial charge in [0.1, 0.15) is 0 Å². The van der Waals surface area contributed by atoms with Crippen LogP contribution in [0.5, 0.6) is 17.2 Å². The van der Waals surface area contributed by atoms with Crippen LogP contribution in [-0.4, -0.2) is 71.2 Å². The van der Waals surface area contributed by atoms with E-state index in [1.165, 1.54) is 6.07 Å². The third kappa shape index (κ3) is 4.52. The lowest BCUT2D eigenvalue weighted by Crippen LogP contribution is -2.49. The molecule has 34 heavy (non-hydrogen) atoms. The van der Waals surface area contributed by atoms with Crippen molar-refractivity contribution in [2.24, 2.45) is 5.73 Å². The molecule has 2 aliphatic rings. The van der Waals surface area contributed by atoms with Crippen LogP contribution in [0.15, 0.2) is 30.3 Å². The molecule has 6 N–H and O–H groups in total. The first-order valence-corrected chi connectivity index (χ1v) is 11.0. The fourth-order valence-electron chi connectivity index (χ4n) is 4.73. The van der Waals surface area contributed by atoms with Crippen LogP contribution >= 0.6 is 0 Å². The van der Waals surface area contributed by atoms with Gasteiger partial charge in [0.25, 0.3) is 11.8 Å². The predicted molar refractivity (Wildman–Crippen MR) is 122 cm³/mol. The molecule has 0 saturated heterocycles. The molecule has 0 aromatic heterocycles. The smallest absolute Gasteiger partial charge is 0.252 e. The first kappa shape index (κ1) is 23.8. The van der Waals surface area contributed by atoms with Gasteiger partial charge in [-0.3, -0.25) is 9.59 Å². The van der Waals surface area contributed by atoms with Gasteiger partial charge >= 0.3 is 0 Å². The molecular formula is C24H29N3O7. The number of benzene rings is 2. The number of aliphatic hydroxyl groups excluding tert-OH is 2. The molecule has 4 atom stereocenters. The third-order valence-electron chi connectivity index (χ3n) is 6.30. The van der Waals surface area contributed by atoms with Gasteiger partial charge in [0.05, 0.1) is 17.8 Å². The average molecular weight is 472 g/mol. The van der Waals surface area contributed by atoms with Crippen LogP contribution in [0.3, 0.4) is 0 Å². The van der Waals surface area contributed by atoms with Crippen LogP contribution in [0, 0.1) is 0 Å². The monoisotopic (exact) mass is 471 g/mol. The Morgan fingerprint density at radius 3 is 2.56 bits per heavy atom. The maximum Gasteiger partial charge on any atom is 0.252 e. The zero-order valence-electron chi connectivity index (χ0n) is 19.0. The van der Waals surface area contributed by atoms with Gasteiger partial charge in [-0.15, -0.1) is 0 Å². The Hall–Kier alpha value is -3.34. The Balaban J connectivity index is 1.71. The molecule has 10 heteroatoms. The summed E-state index contributed by atoms with van der Waals surface area (Å²) >= 11 is 0. The molecule has 1 fully saturated rings. The number of carbonyl (C=O) groups excluding carboxylic acids is 2. The fourth-order valence-corrected chi connectivity index (χ4v) is 4.73. The van der Waals surface area contributed by atoms with Gasteiger partial charge in [-0.05, 0) is 50.2 Å². The molecular weight excluding hydrogens is 442 g/mol. The molecule has 0 spiro atoms. The number of carbonyl (C=O) groups is 2. The van der Waals surface area contributed by atoms with Gasteiger partial charge in [-0.1, -0.05) is 18.2 Å². The molecule has 2 aromatic rings. The summed E-state index contributed by atoms with van der Waals surface area (Å²) in [7, 11) is 3.81. The van der Waals surface area contributed by atoms with E-state index in [9.17, 15) is 24.9 Å². The summed E-state index contributed by atoms with van der Waals surface area (Å²) < 4.78 is 10.6. The van der Waals surface area contributed by atoms with Gasteiger partial charge in [-0.25, -0.2) is 0 Å². The van der Waals surface area contributed by atoms with E-state index >= 15 is 0 Å². The highest BCUT2D eigenvalue weighted by atomic mass is 16.7. The normalized spacial score (nSPS) is 23.7. The maximum atomic E-state index is 13.3. The summed E-state index contributed by atoms with van der Waals surface area (Å²) in [5, 5.41) is 34.4. The third-order valence-corrected chi connectivity index (χ3v) is 6.30. The van der Waals surface area contributed by atoms with E-state index in [2.05, 4.69) is 5.32 Å². The van der Waals surface area contributed by atoms with Crippen LogP contribution in [0.1, 0.15) is 50.6 Å². The summed E-state index contributed by atoms with van der Waals surface area (Å²) in [6, 6.07) is 8.10. The van der Waals surface area contributed by atoms with Crippen LogP contribution < -0.4 is 20.5 Å². The van der Waals surface area contributed by atoms with Crippen molar-refractivity contribution in [1.29, 1.82) is 0 Å². The molecule has 4 rings (SSSR count). The summed E-state index contributed by atoms with van der Waals surface area (Å²) in [5.74, 6) is -2.05. The van der Waals surface area contributed by atoms with Crippen molar-refractivity contribution in [3.05, 3.63) is 52.6 Å². The number of hydrogen-bond acceptors (Lipinski definition) is 8. The molecule has 1 aliphatic heterocycles. The lowest BCUT2D eigenvalue weighted by molar-refractivity contribution is -0.0248. The molecule has 2 amide bonds. The van der Waals surface area contributed by atoms with Gasteiger partial charge in [0, 0.05) is 24.1 Å². The second-order valence-corrected chi connectivity index (χ2v) is 8.97. The van der Waals surface area contributed by atoms with Crippen molar-refractivity contribution >= 4 is 11.8 Å². The minimum Gasteiger partial charge on any atom is -0.504 e. The lowest BCUT2D eigenvalue weighted by Gasteiger charge is -2.38. The van der Waals surface area contributed by atoms with Crippen molar-refractivity contribution in [3.8, 4) is 17.2 Å². The molecule has 0 radical (unpaired) electrons. The molecule has 1 aliphatic carbocycles. The summed E-state index contributed by atoms with van der Waals surface area (Å²) in [6.45, 7) is 0.431. The summed E-state index contributed by atoms with van der Waals surface area (Å²) in [5.41, 5.74) is 7.05. The molecule has 1 saturated carbocycles. The first-order valence-electron chi connectivity index (χ1n) is 11.0. The molecule has 2 aromatic carbocycles. The van der Waals surface area contributed by atoms with Crippen molar-refractivity contribution in [3.63, 3.8) is 0 Å². The minimum absolute atomic E-state index is 0.0205. The number of aliphatic hydroxyl groups is 2. The highest BCUT2D eigenvalue weighted by molar-refractivity contribution is 5.99. The molecule has 10 nitrogen and oxygen atoms in total. The quantitative estimate of drug-likeness (QED) is 0.412. The number of amides is 2. The van der Waals surface area contributed by atoms with Crippen molar-refractivity contribution in [2.75, 3.05) is 20.9 Å². The van der Waals surface area contributed by atoms with Crippen molar-refractivity contribution in [2.45, 2.75) is 43.6 Å². The number of hydrogen-bond donors (Lipinski definition) is 5. The number of fused-ring (bicyclic) bond motifs is 1. The molecule has 1 heterocycles. The lowest BCUT2D eigenvalue weighted by atomic mass is 9.75. The second-order valence-electron chi connectivity index (χ2n) is 8.97. The second kappa shape index (κ2) is 9.49. The van der Waals surface area contributed by atoms with E-state index in [4.69, 9.17) is 15.2 Å². The number of nitrogens with one attached hydrogen (secondary N) is 1. The number of primary amides is 1. The minimum atomic E-state index is -1.09. The van der Waals surface area contributed by atoms with Gasteiger partial charge in [0.15, 0.2) is 11.5 Å². The topological polar surface area (TPSA) is 155 Å². The highest BCUT2D eigenvalue weighted by Gasteiger charge is 2.41. The Morgan fingerprint density at radius 1 is 1.15 bits per heavy atom. The Labute approximate surface area is 196 Å². The first-order chi connectivity index (χ1) is 16.2. The van der Waals surface area contributed by atoms with Crippen LogP contribution in [-0.2, 0) is 6.54 Å². The largest absolute Gasteiger partial charge is 0.504 e. The van der Waals surface area contributed by atoms with E-state index in [0.29, 0.717) is 17.7 Å². The number of aromatic hydroxyl groups is 1. The predicted octanol–water partition coefficient (Wildman–Crippen LogP) is 0.679. The van der Waals surface area contributed by atoms with Gasteiger partial charge in [-0.2, -0.15) is 0 Å². The maximum absolute atomic E-state index is 13.3. The van der Waals surface area contributed by atoms with Crippen LogP contribution in [0.25, 0.3) is 0 Å². The zero-order valence-corrected chi connectivity index (χ0v) is 19.0. The summed E-state index contributed by atoms with van der Waals surface area (Å²) in [4.78, 5) is 27.5. The van der Waals surface area contributed by atoms with Gasteiger partial charge in [0.2, 0.25) is 12.5 Å². The standard InChI is InChI=1S/C24H29N3O7/c1-27(2)10-12-5-3-4-6-13(12)24(32)26-16-9-18(29)17(28)7-14(16)15-8-19-22(34-11-33-19)21(30)20(15)23(25)31/h3-6,8,14,16-18,28-30H,7,9-11H2,1-2H3,(H2,25,31)(H,26,32)/t14?,16?,17-,18+/m0/s1. The van der Waals surface area contributed by atoms with Crippen LogP contribution in [0.2, 0.25) is 0 Å².